The van der Waals surface area contributed by atoms with E-state index >= 15 is 0 Å². The summed E-state index contributed by atoms with van der Waals surface area (Å²) in [4.78, 5) is 18.2. The van der Waals surface area contributed by atoms with E-state index in [9.17, 15) is 4.79 Å². The Labute approximate surface area is 107 Å². The minimum atomic E-state index is -1.05. The third kappa shape index (κ3) is 3.08. The molecule has 0 atom stereocenters. The van der Waals surface area contributed by atoms with E-state index in [1.165, 1.54) is 6.33 Å². The average molecular weight is 265 g/mol. The Balaban J connectivity index is 2.01. The molecule has 1 N–H and O–H groups in total. The molecule has 5 nitrogen and oxygen atoms in total. The molecule has 0 aliphatic heterocycles. The molecular weight excluding hydrogens is 246 g/mol. The first kappa shape index (κ1) is 13.0. The van der Waals surface area contributed by atoms with E-state index in [1.807, 2.05) is 10.8 Å². The molecule has 18 heavy (non-hydrogen) atoms. The van der Waals surface area contributed by atoms with Crippen molar-refractivity contribution in [3.8, 4) is 0 Å². The van der Waals surface area contributed by atoms with Gasteiger partial charge in [0.15, 0.2) is 0 Å². The van der Waals surface area contributed by atoms with Crippen molar-refractivity contribution >= 4 is 19.1 Å². The Bertz CT molecular complexity index is 583. The van der Waals surface area contributed by atoms with Crippen LogP contribution in [-0.4, -0.2) is 29.2 Å². The van der Waals surface area contributed by atoms with E-state index in [4.69, 9.17) is 4.74 Å². The molecule has 0 radical (unpaired) electrons. The Morgan fingerprint density at radius 3 is 2.94 bits per heavy atom. The third-order valence-corrected chi connectivity index (χ3v) is 4.49. The Morgan fingerprint density at radius 1 is 1.44 bits per heavy atom. The number of H-pyrrole nitrogens is 1. The average Bonchev–Trinajstić information content (AvgIpc) is 2.68. The van der Waals surface area contributed by atoms with Gasteiger partial charge < -0.3 is 14.3 Å². The van der Waals surface area contributed by atoms with Crippen LogP contribution in [0.3, 0.4) is 0 Å². The molecule has 0 saturated heterocycles. The first-order valence-corrected chi connectivity index (χ1v) is 9.78. The van der Waals surface area contributed by atoms with Crippen LogP contribution in [0.25, 0.3) is 11.0 Å². The molecule has 0 bridgehead atoms. The van der Waals surface area contributed by atoms with Crippen LogP contribution in [0.4, 0.5) is 0 Å². The molecule has 0 aliphatic rings. The highest BCUT2D eigenvalue weighted by Gasteiger charge is 2.12. The van der Waals surface area contributed by atoms with Crippen LogP contribution in [0.15, 0.2) is 23.4 Å². The van der Waals surface area contributed by atoms with Crippen LogP contribution in [0.1, 0.15) is 0 Å². The van der Waals surface area contributed by atoms with Crippen LogP contribution >= 0.6 is 0 Å². The van der Waals surface area contributed by atoms with Crippen molar-refractivity contribution in [3.63, 3.8) is 0 Å². The van der Waals surface area contributed by atoms with Crippen LogP contribution in [0.5, 0.6) is 0 Å². The standard InChI is InChI=1S/C12H19N3O2Si/c1-18(2,3)7-6-17-9-15-5-4-10-11(15)13-8-14-12(10)16/h4-5,8H,6-7,9H2,1-3H3,(H,13,14,16). The van der Waals surface area contributed by atoms with Gasteiger partial charge in [-0.05, 0) is 12.1 Å². The largest absolute Gasteiger partial charge is 0.361 e. The zero-order valence-corrected chi connectivity index (χ0v) is 12.1. The first-order valence-electron chi connectivity index (χ1n) is 6.08. The molecular formula is C12H19N3O2Si. The van der Waals surface area contributed by atoms with Crippen LogP contribution in [0.2, 0.25) is 25.7 Å². The molecule has 0 amide bonds. The number of rotatable bonds is 5. The molecule has 2 aromatic heterocycles. The highest BCUT2D eigenvalue weighted by atomic mass is 28.3. The van der Waals surface area contributed by atoms with Gasteiger partial charge in [0.1, 0.15) is 12.4 Å². The number of nitrogens with one attached hydrogen (secondary N) is 1. The van der Waals surface area contributed by atoms with Crippen molar-refractivity contribution in [2.24, 2.45) is 0 Å². The smallest absolute Gasteiger partial charge is 0.260 e. The van der Waals surface area contributed by atoms with Gasteiger partial charge in [-0.2, -0.15) is 0 Å². The number of ether oxygens (including phenoxy) is 1. The number of aromatic amines is 1. The summed E-state index contributed by atoms with van der Waals surface area (Å²) in [6.07, 6.45) is 3.25. The normalized spacial score (nSPS) is 12.2. The molecule has 0 saturated carbocycles. The molecule has 2 heterocycles. The third-order valence-electron chi connectivity index (χ3n) is 2.79. The Hall–Kier alpha value is -1.40. The SMILES string of the molecule is C[Si](C)(C)CCOCn1ccc2c(=O)[nH]cnc21. The van der Waals surface area contributed by atoms with Gasteiger partial charge in [0.05, 0.1) is 11.7 Å². The van der Waals surface area contributed by atoms with Gasteiger partial charge in [-0.3, -0.25) is 4.79 Å². The van der Waals surface area contributed by atoms with Gasteiger partial charge in [0.2, 0.25) is 0 Å². The fraction of sp³-hybridized carbons (Fsp3) is 0.500. The van der Waals surface area contributed by atoms with Crippen LogP contribution in [0, 0.1) is 0 Å². The summed E-state index contributed by atoms with van der Waals surface area (Å²) < 4.78 is 7.50. The zero-order chi connectivity index (χ0) is 13.2. The lowest BCUT2D eigenvalue weighted by molar-refractivity contribution is 0.0899. The number of fused-ring (bicyclic) bond motifs is 1. The summed E-state index contributed by atoms with van der Waals surface area (Å²) >= 11 is 0. The number of hydrogen-bond donors (Lipinski definition) is 1. The summed E-state index contributed by atoms with van der Waals surface area (Å²) in [6, 6.07) is 2.91. The quantitative estimate of drug-likeness (QED) is 0.665. The fourth-order valence-corrected chi connectivity index (χ4v) is 2.42. The molecule has 0 spiro atoms. The molecule has 2 rings (SSSR count). The molecule has 0 aliphatic carbocycles. The molecule has 0 unspecified atom stereocenters. The van der Waals surface area contributed by atoms with Crippen molar-refractivity contribution in [1.29, 1.82) is 0 Å². The Kier molecular flexibility index (Phi) is 3.67. The lowest BCUT2D eigenvalue weighted by atomic mass is 10.4. The van der Waals surface area contributed by atoms with Crippen molar-refractivity contribution in [2.75, 3.05) is 6.61 Å². The second-order valence-electron chi connectivity index (χ2n) is 5.60. The van der Waals surface area contributed by atoms with E-state index in [-0.39, 0.29) is 5.56 Å². The second kappa shape index (κ2) is 5.07. The summed E-state index contributed by atoms with van der Waals surface area (Å²) in [5, 5.41) is 0.603. The molecule has 6 heteroatoms. The summed E-state index contributed by atoms with van der Waals surface area (Å²) in [6.45, 7) is 8.18. The lowest BCUT2D eigenvalue weighted by Gasteiger charge is -2.15. The summed E-state index contributed by atoms with van der Waals surface area (Å²) in [5.41, 5.74) is 0.563. The topological polar surface area (TPSA) is 59.9 Å². The van der Waals surface area contributed by atoms with Gasteiger partial charge in [0, 0.05) is 20.9 Å². The Morgan fingerprint density at radius 2 is 2.22 bits per heavy atom. The maximum atomic E-state index is 11.5. The van der Waals surface area contributed by atoms with E-state index in [2.05, 4.69) is 29.6 Å². The van der Waals surface area contributed by atoms with Gasteiger partial charge in [0.25, 0.3) is 5.56 Å². The molecule has 98 valence electrons. The lowest BCUT2D eigenvalue weighted by Crippen LogP contribution is -2.22. The van der Waals surface area contributed by atoms with E-state index in [0.717, 1.165) is 12.7 Å². The minimum absolute atomic E-state index is 0.110. The van der Waals surface area contributed by atoms with Gasteiger partial charge in [-0.15, -0.1) is 0 Å². The second-order valence-corrected chi connectivity index (χ2v) is 11.2. The van der Waals surface area contributed by atoms with Crippen LogP contribution < -0.4 is 5.56 Å². The van der Waals surface area contributed by atoms with Gasteiger partial charge in [-0.1, -0.05) is 19.6 Å². The zero-order valence-electron chi connectivity index (χ0n) is 11.1. The monoisotopic (exact) mass is 265 g/mol. The molecule has 0 aromatic carbocycles. The van der Waals surface area contributed by atoms with Crippen LogP contribution in [-0.2, 0) is 11.5 Å². The van der Waals surface area contributed by atoms with Crippen molar-refractivity contribution in [2.45, 2.75) is 32.4 Å². The summed E-state index contributed by atoms with van der Waals surface area (Å²) in [5.74, 6) is 0. The van der Waals surface area contributed by atoms with Gasteiger partial charge >= 0.3 is 0 Å². The van der Waals surface area contributed by atoms with E-state index < -0.39 is 8.07 Å². The van der Waals surface area contributed by atoms with E-state index in [0.29, 0.717) is 17.8 Å². The first-order chi connectivity index (χ1) is 8.47. The van der Waals surface area contributed by atoms with Crippen molar-refractivity contribution in [3.05, 3.63) is 28.9 Å². The maximum absolute atomic E-state index is 11.5. The maximum Gasteiger partial charge on any atom is 0.260 e. The predicted octanol–water partition coefficient (Wildman–Crippen LogP) is 2.04. The van der Waals surface area contributed by atoms with E-state index in [1.54, 1.807) is 6.07 Å². The fourth-order valence-electron chi connectivity index (χ4n) is 1.66. The predicted molar refractivity (Wildman–Crippen MR) is 74.5 cm³/mol. The summed E-state index contributed by atoms with van der Waals surface area (Å²) in [7, 11) is -1.05. The van der Waals surface area contributed by atoms with Gasteiger partial charge in [-0.25, -0.2) is 4.98 Å². The molecule has 2 aromatic rings. The number of hydrogen-bond acceptors (Lipinski definition) is 3. The number of aromatic nitrogens is 3. The molecule has 0 fully saturated rings. The number of nitrogens with zero attached hydrogens (tertiary/aromatic N) is 2. The van der Waals surface area contributed by atoms with Crippen molar-refractivity contribution < 1.29 is 4.74 Å². The van der Waals surface area contributed by atoms with Crippen molar-refractivity contribution in [1.82, 2.24) is 14.5 Å². The highest BCUT2D eigenvalue weighted by molar-refractivity contribution is 6.76. The highest BCUT2D eigenvalue weighted by Crippen LogP contribution is 2.10. The minimum Gasteiger partial charge on any atom is -0.361 e.